The van der Waals surface area contributed by atoms with Gasteiger partial charge >= 0.3 is 6.09 Å². The molecule has 2 heterocycles. The molecule has 3 fully saturated rings. The smallest absolute Gasteiger partial charge is 0.407 e. The van der Waals surface area contributed by atoms with Crippen molar-refractivity contribution in [1.82, 2.24) is 15.5 Å². The number of nitrogens with zero attached hydrogens (tertiary/aromatic N) is 1. The zero-order valence-electron chi connectivity index (χ0n) is 29.2. The summed E-state index contributed by atoms with van der Waals surface area (Å²) < 4.78 is 22.4. The van der Waals surface area contributed by atoms with Crippen LogP contribution in [0.1, 0.15) is 74.1 Å². The number of aliphatic hydroxyl groups excluding tert-OH is 2. The van der Waals surface area contributed by atoms with Gasteiger partial charge in [0.25, 0.3) is 0 Å². The van der Waals surface area contributed by atoms with Crippen molar-refractivity contribution in [2.75, 3.05) is 52.7 Å². The first-order chi connectivity index (χ1) is 24.4. The Bertz CT molecular complexity index is 1360. The van der Waals surface area contributed by atoms with Crippen molar-refractivity contribution in [3.05, 3.63) is 65.2 Å². The lowest BCUT2D eigenvalue weighted by molar-refractivity contribution is -0.127. The number of fused-ring (bicyclic) bond motifs is 1. The molecule has 0 spiro atoms. The average Bonchev–Trinajstić information content (AvgIpc) is 3.76. The van der Waals surface area contributed by atoms with Crippen LogP contribution in [0.5, 0.6) is 5.75 Å². The maximum Gasteiger partial charge on any atom is 0.407 e. The molecule has 2 aromatic carbocycles. The van der Waals surface area contributed by atoms with Crippen LogP contribution in [0.2, 0.25) is 0 Å². The van der Waals surface area contributed by atoms with E-state index in [-0.39, 0.29) is 18.4 Å². The van der Waals surface area contributed by atoms with E-state index in [2.05, 4.69) is 15.5 Å². The maximum absolute atomic E-state index is 14.1. The molecule has 2 aliphatic heterocycles. The average molecular weight is 694 g/mol. The zero-order valence-corrected chi connectivity index (χ0v) is 29.2. The lowest BCUT2D eigenvalue weighted by Gasteiger charge is -2.32. The second kappa shape index (κ2) is 18.3. The highest BCUT2D eigenvalue weighted by Gasteiger charge is 2.36. The third kappa shape index (κ3) is 10.4. The monoisotopic (exact) mass is 693 g/mol. The van der Waals surface area contributed by atoms with Crippen LogP contribution in [-0.4, -0.2) is 104 Å². The van der Waals surface area contributed by atoms with Crippen LogP contribution in [0.4, 0.5) is 4.79 Å². The number of amides is 2. The maximum atomic E-state index is 14.1. The molecule has 274 valence electrons. The standard InChI is InChI=1S/C39H55N3O8/c43-35(34(23-27-6-2-1-3-7-27)40-39(46)50-32-14-18-48-26-32)25-30(38(45)41-37-33-9-5-4-8-29(33)24-36(37)44)22-28-10-12-31(13-11-28)49-21-17-42-15-19-47-20-16-42/h4-5,8-13,27,30,32,34-37,43-44H,1-3,6-7,14-26H2,(H,40,46)(H,41,45)/t30?,32?,34?,35?,36-,37-/m0/s1. The summed E-state index contributed by atoms with van der Waals surface area (Å²) >= 11 is 0. The van der Waals surface area contributed by atoms with E-state index in [1.165, 1.54) is 6.42 Å². The normalized spacial score (nSPS) is 24.6. The van der Waals surface area contributed by atoms with Gasteiger partial charge in [0.05, 0.1) is 50.7 Å². The summed E-state index contributed by atoms with van der Waals surface area (Å²) in [6.45, 7) is 5.67. The van der Waals surface area contributed by atoms with Gasteiger partial charge in [-0.3, -0.25) is 9.69 Å². The van der Waals surface area contributed by atoms with Gasteiger partial charge in [0.2, 0.25) is 5.91 Å². The molecule has 4 aliphatic rings. The van der Waals surface area contributed by atoms with Crippen LogP contribution < -0.4 is 15.4 Å². The Morgan fingerprint density at radius 3 is 2.50 bits per heavy atom. The first-order valence-electron chi connectivity index (χ1n) is 18.7. The van der Waals surface area contributed by atoms with Crippen molar-refractivity contribution in [2.24, 2.45) is 11.8 Å². The molecule has 0 bridgehead atoms. The number of carbonyl (C=O) groups is 2. The molecule has 11 heteroatoms. The summed E-state index contributed by atoms with van der Waals surface area (Å²) in [7, 11) is 0. The van der Waals surface area contributed by atoms with Crippen molar-refractivity contribution in [2.45, 2.75) is 94.6 Å². The number of nitrogens with one attached hydrogen (secondary N) is 2. The Morgan fingerprint density at radius 1 is 0.960 bits per heavy atom. The van der Waals surface area contributed by atoms with E-state index in [0.29, 0.717) is 51.4 Å². The third-order valence-corrected chi connectivity index (χ3v) is 10.8. The van der Waals surface area contributed by atoms with Crippen molar-refractivity contribution >= 4 is 12.0 Å². The topological polar surface area (TPSA) is 139 Å². The van der Waals surface area contributed by atoms with Crippen molar-refractivity contribution in [1.29, 1.82) is 0 Å². The van der Waals surface area contributed by atoms with E-state index < -0.39 is 36.3 Å². The quantitative estimate of drug-likeness (QED) is 0.219. The minimum Gasteiger partial charge on any atom is -0.492 e. The van der Waals surface area contributed by atoms with Gasteiger partial charge in [-0.1, -0.05) is 68.5 Å². The Labute approximate surface area is 296 Å². The minimum absolute atomic E-state index is 0.137. The van der Waals surface area contributed by atoms with Crippen LogP contribution in [0, 0.1) is 11.8 Å². The van der Waals surface area contributed by atoms with Crippen LogP contribution in [-0.2, 0) is 31.8 Å². The van der Waals surface area contributed by atoms with Crippen molar-refractivity contribution < 1.29 is 38.7 Å². The van der Waals surface area contributed by atoms with Crippen LogP contribution in [0.3, 0.4) is 0 Å². The van der Waals surface area contributed by atoms with Crippen LogP contribution >= 0.6 is 0 Å². The summed E-state index contributed by atoms with van der Waals surface area (Å²) in [6.07, 6.45) is 5.29. The first kappa shape index (κ1) is 36.6. The van der Waals surface area contributed by atoms with Gasteiger partial charge in [-0.25, -0.2) is 4.79 Å². The summed E-state index contributed by atoms with van der Waals surface area (Å²) in [5, 5.41) is 28.8. The summed E-state index contributed by atoms with van der Waals surface area (Å²) in [5.74, 6) is 0.286. The van der Waals surface area contributed by atoms with Gasteiger partial charge in [0.1, 0.15) is 18.5 Å². The second-order valence-corrected chi connectivity index (χ2v) is 14.5. The lowest BCUT2D eigenvalue weighted by atomic mass is 9.82. The number of aliphatic hydroxyl groups is 2. The SMILES string of the molecule is O=C(NC(CC1CCCCC1)C(O)CC(Cc1ccc(OCCN2CCOCC2)cc1)C(=O)N[C@H]1c2ccccc2C[C@@H]1O)OC1CCOC1. The Balaban J connectivity index is 1.14. The summed E-state index contributed by atoms with van der Waals surface area (Å²) in [5.41, 5.74) is 2.87. The van der Waals surface area contributed by atoms with Gasteiger partial charge in [0.15, 0.2) is 0 Å². The first-order valence-corrected chi connectivity index (χ1v) is 18.7. The number of ether oxygens (including phenoxy) is 4. The van der Waals surface area contributed by atoms with E-state index in [4.69, 9.17) is 18.9 Å². The highest BCUT2D eigenvalue weighted by atomic mass is 16.6. The Kier molecular flexibility index (Phi) is 13.4. The minimum atomic E-state index is -0.983. The van der Waals surface area contributed by atoms with E-state index in [0.717, 1.165) is 81.0 Å². The predicted molar refractivity (Wildman–Crippen MR) is 188 cm³/mol. The number of hydrogen-bond acceptors (Lipinski definition) is 9. The van der Waals surface area contributed by atoms with E-state index in [1.807, 2.05) is 48.5 Å². The third-order valence-electron chi connectivity index (χ3n) is 10.8. The van der Waals surface area contributed by atoms with Gasteiger partial charge in [0, 0.05) is 38.4 Å². The molecule has 2 saturated heterocycles. The molecular weight excluding hydrogens is 638 g/mol. The van der Waals surface area contributed by atoms with E-state index in [9.17, 15) is 19.8 Å². The molecule has 0 aromatic heterocycles. The number of rotatable bonds is 15. The van der Waals surface area contributed by atoms with Gasteiger partial charge < -0.3 is 39.8 Å². The Morgan fingerprint density at radius 2 is 1.74 bits per heavy atom. The van der Waals surface area contributed by atoms with Gasteiger partial charge in [-0.2, -0.15) is 0 Å². The molecule has 2 aliphatic carbocycles. The van der Waals surface area contributed by atoms with Crippen LogP contribution in [0.25, 0.3) is 0 Å². The van der Waals surface area contributed by atoms with Gasteiger partial charge in [-0.15, -0.1) is 0 Å². The molecule has 6 atom stereocenters. The number of carbonyl (C=O) groups excluding carboxylic acids is 2. The summed E-state index contributed by atoms with van der Waals surface area (Å²) in [4.78, 5) is 29.5. The molecule has 50 heavy (non-hydrogen) atoms. The zero-order chi connectivity index (χ0) is 34.7. The molecular formula is C39H55N3O8. The largest absolute Gasteiger partial charge is 0.492 e. The highest BCUT2D eigenvalue weighted by molar-refractivity contribution is 5.80. The van der Waals surface area contributed by atoms with Crippen LogP contribution in [0.15, 0.2) is 48.5 Å². The fourth-order valence-corrected chi connectivity index (χ4v) is 7.92. The summed E-state index contributed by atoms with van der Waals surface area (Å²) in [6, 6.07) is 14.5. The van der Waals surface area contributed by atoms with Gasteiger partial charge in [-0.05, 0) is 54.0 Å². The number of morpholine rings is 1. The fourth-order valence-electron chi connectivity index (χ4n) is 7.92. The molecule has 11 nitrogen and oxygen atoms in total. The molecule has 4 unspecified atom stereocenters. The van der Waals surface area contributed by atoms with Crippen molar-refractivity contribution in [3.8, 4) is 5.75 Å². The molecule has 4 N–H and O–H groups in total. The number of benzene rings is 2. The molecule has 6 rings (SSSR count). The van der Waals surface area contributed by atoms with E-state index >= 15 is 0 Å². The second-order valence-electron chi connectivity index (χ2n) is 14.5. The molecule has 2 amide bonds. The fraction of sp³-hybridized carbons (Fsp3) is 0.641. The number of alkyl carbamates (subject to hydrolysis) is 1. The molecule has 1 saturated carbocycles. The number of hydrogen-bond donors (Lipinski definition) is 4. The molecule has 0 radical (unpaired) electrons. The van der Waals surface area contributed by atoms with E-state index in [1.54, 1.807) is 0 Å². The molecule has 2 aromatic rings. The lowest BCUT2D eigenvalue weighted by Crippen LogP contribution is -2.48. The Hall–Kier alpha value is -3.22. The predicted octanol–water partition coefficient (Wildman–Crippen LogP) is 3.94. The highest BCUT2D eigenvalue weighted by Crippen LogP contribution is 2.33. The van der Waals surface area contributed by atoms with Crippen molar-refractivity contribution in [3.63, 3.8) is 0 Å².